The molecule has 196 valence electrons. The van der Waals surface area contributed by atoms with Gasteiger partial charge in [-0.3, -0.25) is 9.69 Å². The maximum absolute atomic E-state index is 12.5. The van der Waals surface area contributed by atoms with E-state index in [0.717, 1.165) is 80.3 Å². The summed E-state index contributed by atoms with van der Waals surface area (Å²) in [4.78, 5) is 22.1. The molecule has 2 aliphatic heterocycles. The lowest BCUT2D eigenvalue weighted by Gasteiger charge is -2.36. The molecule has 4 aromatic rings. The molecule has 1 amide bonds. The maximum Gasteiger partial charge on any atom is 0.255 e. The van der Waals surface area contributed by atoms with Crippen LogP contribution in [-0.4, -0.2) is 66.3 Å². The first-order valence-electron chi connectivity index (χ1n) is 13.4. The summed E-state index contributed by atoms with van der Waals surface area (Å²) in [6.45, 7) is 7.40. The van der Waals surface area contributed by atoms with Crippen molar-refractivity contribution in [3.63, 3.8) is 0 Å². The average Bonchev–Trinajstić information content (AvgIpc) is 3.38. The molecule has 1 saturated heterocycles. The van der Waals surface area contributed by atoms with Gasteiger partial charge < -0.3 is 24.3 Å². The largest absolute Gasteiger partial charge is 0.486 e. The van der Waals surface area contributed by atoms with Crippen molar-refractivity contribution in [3.8, 4) is 11.5 Å². The number of amides is 1. The molecule has 0 aliphatic carbocycles. The number of unbranched alkanes of at least 4 members (excludes halogenated alkanes) is 1. The van der Waals surface area contributed by atoms with E-state index in [1.165, 1.54) is 5.69 Å². The van der Waals surface area contributed by atoms with Crippen molar-refractivity contribution in [2.45, 2.75) is 19.4 Å². The van der Waals surface area contributed by atoms with Gasteiger partial charge in [-0.1, -0.05) is 18.2 Å². The van der Waals surface area contributed by atoms with Crippen LogP contribution < -0.4 is 19.7 Å². The molecule has 1 N–H and O–H groups in total. The van der Waals surface area contributed by atoms with Gasteiger partial charge in [-0.05, 0) is 61.9 Å². The second-order valence-electron chi connectivity index (χ2n) is 9.83. The van der Waals surface area contributed by atoms with Crippen molar-refractivity contribution >= 4 is 28.3 Å². The molecule has 0 atom stereocenters. The number of fused-ring (bicyclic) bond motifs is 2. The highest BCUT2D eigenvalue weighted by molar-refractivity contribution is 6.04. The van der Waals surface area contributed by atoms with Crippen LogP contribution in [0.5, 0.6) is 11.5 Å². The lowest BCUT2D eigenvalue weighted by Crippen LogP contribution is -2.46. The average molecular weight is 512 g/mol. The highest BCUT2D eigenvalue weighted by atomic mass is 16.6. The molecule has 3 aromatic carbocycles. The Balaban J connectivity index is 0.976. The molecule has 0 unspecified atom stereocenters. The van der Waals surface area contributed by atoms with E-state index in [4.69, 9.17) is 9.47 Å². The first kappa shape index (κ1) is 24.3. The molecule has 1 aromatic heterocycles. The van der Waals surface area contributed by atoms with Crippen LogP contribution in [0.15, 0.2) is 73.1 Å². The highest BCUT2D eigenvalue weighted by Crippen LogP contribution is 2.34. The summed E-state index contributed by atoms with van der Waals surface area (Å²) in [5, 5.41) is 3.00. The van der Waals surface area contributed by atoms with Crippen molar-refractivity contribution in [1.29, 1.82) is 0 Å². The molecule has 0 bridgehead atoms. The predicted octanol–water partition coefficient (Wildman–Crippen LogP) is 4.66. The Kier molecular flexibility index (Phi) is 7.13. The van der Waals surface area contributed by atoms with Crippen LogP contribution in [0.25, 0.3) is 11.0 Å². The van der Waals surface area contributed by atoms with Crippen molar-refractivity contribution < 1.29 is 14.3 Å². The second kappa shape index (κ2) is 11.1. The van der Waals surface area contributed by atoms with Crippen LogP contribution in [0.1, 0.15) is 23.2 Å². The number of hydrogen-bond acceptors (Lipinski definition) is 6. The van der Waals surface area contributed by atoms with E-state index in [1.54, 1.807) is 0 Å². The number of carbonyl (C=O) groups is 1. The summed E-state index contributed by atoms with van der Waals surface area (Å²) in [6.07, 6.45) is 4.11. The number of aromatic nitrogens is 2. The molecule has 38 heavy (non-hydrogen) atoms. The number of rotatable bonds is 8. The first-order valence-corrected chi connectivity index (χ1v) is 13.4. The lowest BCUT2D eigenvalue weighted by atomic mass is 10.2. The van der Waals surface area contributed by atoms with E-state index in [0.29, 0.717) is 18.8 Å². The molecule has 3 heterocycles. The Bertz CT molecular complexity index is 1400. The van der Waals surface area contributed by atoms with E-state index < -0.39 is 0 Å². The number of aryl methyl sites for hydroxylation is 1. The predicted molar refractivity (Wildman–Crippen MR) is 149 cm³/mol. The third-order valence-corrected chi connectivity index (χ3v) is 7.30. The molecule has 1 fully saturated rings. The summed E-state index contributed by atoms with van der Waals surface area (Å²) in [5.74, 6) is 1.59. The zero-order valence-electron chi connectivity index (χ0n) is 21.5. The van der Waals surface area contributed by atoms with Gasteiger partial charge in [0.15, 0.2) is 11.5 Å². The minimum Gasteiger partial charge on any atom is -0.486 e. The van der Waals surface area contributed by atoms with E-state index >= 15 is 0 Å². The van der Waals surface area contributed by atoms with Crippen molar-refractivity contribution in [2.75, 3.05) is 56.2 Å². The molecule has 0 saturated carbocycles. The number of nitrogens with one attached hydrogen (secondary N) is 1. The van der Waals surface area contributed by atoms with Gasteiger partial charge in [-0.15, -0.1) is 0 Å². The minimum atomic E-state index is -0.106. The number of carbonyl (C=O) groups excluding carboxylic acids is 1. The van der Waals surface area contributed by atoms with Gasteiger partial charge >= 0.3 is 0 Å². The topological polar surface area (TPSA) is 71.9 Å². The second-order valence-corrected chi connectivity index (χ2v) is 9.83. The summed E-state index contributed by atoms with van der Waals surface area (Å²) in [7, 11) is 0. The molecule has 8 nitrogen and oxygen atoms in total. The highest BCUT2D eigenvalue weighted by Gasteiger charge is 2.19. The number of hydrogen-bond donors (Lipinski definition) is 1. The molecule has 0 spiro atoms. The third kappa shape index (κ3) is 5.45. The Hall–Kier alpha value is -4.04. The van der Waals surface area contributed by atoms with Gasteiger partial charge in [0.25, 0.3) is 5.91 Å². The van der Waals surface area contributed by atoms with E-state index in [1.807, 2.05) is 60.9 Å². The summed E-state index contributed by atoms with van der Waals surface area (Å²) in [6, 6.07) is 21.4. The number of benzene rings is 3. The number of nitrogens with zero attached hydrogens (tertiary/aromatic N) is 4. The normalized spacial score (nSPS) is 15.5. The van der Waals surface area contributed by atoms with Gasteiger partial charge in [0.05, 0.1) is 17.4 Å². The van der Waals surface area contributed by atoms with Gasteiger partial charge in [-0.2, -0.15) is 0 Å². The Morgan fingerprint density at radius 3 is 2.47 bits per heavy atom. The molecular formula is C30H33N5O3. The first-order chi connectivity index (χ1) is 18.7. The number of ether oxygens (including phenoxy) is 2. The lowest BCUT2D eigenvalue weighted by molar-refractivity contribution is 0.102. The number of anilines is 2. The summed E-state index contributed by atoms with van der Waals surface area (Å²) < 4.78 is 13.6. The molecule has 0 radical (unpaired) electrons. The van der Waals surface area contributed by atoms with Crippen LogP contribution in [0.4, 0.5) is 11.4 Å². The monoisotopic (exact) mass is 511 g/mol. The van der Waals surface area contributed by atoms with Gasteiger partial charge in [0.1, 0.15) is 13.2 Å². The number of piperazine rings is 1. The van der Waals surface area contributed by atoms with Crippen molar-refractivity contribution in [3.05, 3.63) is 78.6 Å². The van der Waals surface area contributed by atoms with Crippen LogP contribution in [-0.2, 0) is 6.54 Å². The van der Waals surface area contributed by atoms with Crippen molar-refractivity contribution in [2.24, 2.45) is 0 Å². The quantitative estimate of drug-likeness (QED) is 0.347. The van der Waals surface area contributed by atoms with E-state index in [2.05, 4.69) is 36.8 Å². The standard InChI is InChI=1S/C30H33N5O3/c36-30(23-6-2-1-3-7-23)32-24-8-10-26-27(20-24)35(22-31-26)13-5-4-12-33-14-16-34(17-15-33)25-9-11-28-29(21-25)38-19-18-37-28/h1-3,6-11,20-22H,4-5,12-19H2,(H,32,36). The molecular weight excluding hydrogens is 478 g/mol. The van der Waals surface area contributed by atoms with Crippen LogP contribution in [0.2, 0.25) is 0 Å². The van der Waals surface area contributed by atoms with Gasteiger partial charge in [0.2, 0.25) is 0 Å². The number of imidazole rings is 1. The summed E-state index contributed by atoms with van der Waals surface area (Å²) in [5.41, 5.74) is 4.62. The minimum absolute atomic E-state index is 0.106. The third-order valence-electron chi connectivity index (χ3n) is 7.30. The van der Waals surface area contributed by atoms with Crippen LogP contribution in [0, 0.1) is 0 Å². The van der Waals surface area contributed by atoms with Crippen molar-refractivity contribution in [1.82, 2.24) is 14.5 Å². The fourth-order valence-electron chi connectivity index (χ4n) is 5.18. The van der Waals surface area contributed by atoms with E-state index in [-0.39, 0.29) is 5.91 Å². The van der Waals surface area contributed by atoms with Crippen LogP contribution >= 0.6 is 0 Å². The Labute approximate surface area is 222 Å². The van der Waals surface area contributed by atoms with Gasteiger partial charge in [-0.25, -0.2) is 4.98 Å². The summed E-state index contributed by atoms with van der Waals surface area (Å²) >= 11 is 0. The fourth-order valence-corrected chi connectivity index (χ4v) is 5.18. The zero-order chi connectivity index (χ0) is 25.7. The smallest absolute Gasteiger partial charge is 0.255 e. The SMILES string of the molecule is O=C(Nc1ccc2ncn(CCCCN3CCN(c4ccc5c(c4)OCCO5)CC3)c2c1)c1ccccc1. The van der Waals surface area contributed by atoms with Gasteiger partial charge in [0, 0.05) is 55.7 Å². The Morgan fingerprint density at radius 2 is 1.63 bits per heavy atom. The molecule has 8 heteroatoms. The van der Waals surface area contributed by atoms with Crippen LogP contribution in [0.3, 0.4) is 0 Å². The molecule has 2 aliphatic rings. The Morgan fingerprint density at radius 1 is 0.842 bits per heavy atom. The maximum atomic E-state index is 12.5. The fraction of sp³-hybridized carbons (Fsp3) is 0.333. The molecule has 6 rings (SSSR count). The van der Waals surface area contributed by atoms with E-state index in [9.17, 15) is 4.79 Å². The zero-order valence-corrected chi connectivity index (χ0v) is 21.5.